The van der Waals surface area contributed by atoms with E-state index in [4.69, 9.17) is 5.26 Å². The van der Waals surface area contributed by atoms with Crippen molar-refractivity contribution in [1.29, 1.82) is 5.26 Å². The van der Waals surface area contributed by atoms with Gasteiger partial charge in [0.1, 0.15) is 0 Å². The first kappa shape index (κ1) is 17.4. The second-order valence-corrected chi connectivity index (χ2v) is 6.90. The molecule has 0 aliphatic heterocycles. The summed E-state index contributed by atoms with van der Waals surface area (Å²) in [6.45, 7) is 6.49. The van der Waals surface area contributed by atoms with Crippen LogP contribution in [-0.2, 0) is 5.41 Å². The van der Waals surface area contributed by atoms with E-state index in [-0.39, 0.29) is 5.41 Å². The van der Waals surface area contributed by atoms with E-state index in [1.807, 2.05) is 30.3 Å². The zero-order valence-corrected chi connectivity index (χ0v) is 15.0. The summed E-state index contributed by atoms with van der Waals surface area (Å²) in [6, 6.07) is 17.3. The van der Waals surface area contributed by atoms with Crippen molar-refractivity contribution in [3.8, 4) is 6.07 Å². The van der Waals surface area contributed by atoms with Crippen LogP contribution in [0.25, 0.3) is 0 Å². The lowest BCUT2D eigenvalue weighted by Gasteiger charge is -2.22. The van der Waals surface area contributed by atoms with Crippen LogP contribution in [-0.4, -0.2) is 15.2 Å². The summed E-state index contributed by atoms with van der Waals surface area (Å²) in [4.78, 5) is 4.47. The normalized spacial score (nSPS) is 10.8. The number of nitrogens with one attached hydrogen (secondary N) is 2. The lowest BCUT2D eigenvalue weighted by Crippen LogP contribution is -2.14. The Hall–Kier alpha value is -3.46. The van der Waals surface area contributed by atoms with E-state index < -0.39 is 0 Å². The fourth-order valence-electron chi connectivity index (χ4n) is 2.56. The maximum absolute atomic E-state index is 8.87. The minimum Gasteiger partial charge on any atom is -0.339 e. The van der Waals surface area contributed by atoms with Crippen LogP contribution in [0.3, 0.4) is 0 Å². The van der Waals surface area contributed by atoms with Crippen LogP contribution in [0.4, 0.5) is 23.1 Å². The number of para-hydroxylation sites is 1. The third kappa shape index (κ3) is 4.14. The number of nitrogens with zero attached hydrogens (tertiary/aromatic N) is 4. The van der Waals surface area contributed by atoms with Gasteiger partial charge in [-0.1, -0.05) is 39.0 Å². The van der Waals surface area contributed by atoms with Crippen molar-refractivity contribution in [2.75, 3.05) is 10.6 Å². The molecule has 3 rings (SSSR count). The van der Waals surface area contributed by atoms with Crippen molar-refractivity contribution >= 4 is 23.1 Å². The van der Waals surface area contributed by atoms with E-state index in [0.29, 0.717) is 17.3 Å². The number of benzene rings is 2. The molecule has 0 radical (unpaired) electrons. The molecule has 6 heteroatoms. The molecule has 2 aromatic carbocycles. The minimum atomic E-state index is -0.00459. The average molecular weight is 344 g/mol. The Kier molecular flexibility index (Phi) is 4.81. The molecular weight excluding hydrogens is 324 g/mol. The SMILES string of the molecule is CC(C)(C)c1ccccc1Nc1nncc(Nc2ccc(C#N)cc2)n1. The number of hydrogen-bond acceptors (Lipinski definition) is 6. The van der Waals surface area contributed by atoms with Crippen LogP contribution in [0.15, 0.2) is 54.7 Å². The molecule has 0 unspecified atom stereocenters. The molecule has 0 fully saturated rings. The van der Waals surface area contributed by atoms with Gasteiger partial charge in [0.05, 0.1) is 17.8 Å². The van der Waals surface area contributed by atoms with E-state index in [2.05, 4.69) is 58.7 Å². The number of nitriles is 1. The highest BCUT2D eigenvalue weighted by Crippen LogP contribution is 2.30. The van der Waals surface area contributed by atoms with Gasteiger partial charge in [-0.3, -0.25) is 0 Å². The first-order chi connectivity index (χ1) is 12.5. The summed E-state index contributed by atoms with van der Waals surface area (Å²) >= 11 is 0. The highest BCUT2D eigenvalue weighted by Gasteiger charge is 2.18. The summed E-state index contributed by atoms with van der Waals surface area (Å²) in [5.41, 5.74) is 3.56. The standard InChI is InChI=1S/C20H20N6/c1-20(2,3)16-6-4-5-7-17(16)24-19-25-18(13-22-26-19)23-15-10-8-14(12-21)9-11-15/h4-11,13H,1-3H3,(H2,23,24,25,26). The summed E-state index contributed by atoms with van der Waals surface area (Å²) < 4.78 is 0. The fraction of sp³-hybridized carbons (Fsp3) is 0.200. The van der Waals surface area contributed by atoms with Crippen molar-refractivity contribution in [3.05, 3.63) is 65.9 Å². The quantitative estimate of drug-likeness (QED) is 0.723. The van der Waals surface area contributed by atoms with Crippen molar-refractivity contribution < 1.29 is 0 Å². The van der Waals surface area contributed by atoms with Crippen molar-refractivity contribution in [1.82, 2.24) is 15.2 Å². The number of hydrogen-bond donors (Lipinski definition) is 2. The first-order valence-electron chi connectivity index (χ1n) is 8.29. The smallest absolute Gasteiger partial charge is 0.249 e. The average Bonchev–Trinajstić information content (AvgIpc) is 2.62. The molecule has 0 amide bonds. The largest absolute Gasteiger partial charge is 0.339 e. The second kappa shape index (κ2) is 7.19. The molecular formula is C20H20N6. The van der Waals surface area contributed by atoms with Gasteiger partial charge in [0.15, 0.2) is 5.82 Å². The first-order valence-corrected chi connectivity index (χ1v) is 8.29. The van der Waals surface area contributed by atoms with Gasteiger partial charge in [0.2, 0.25) is 5.95 Å². The molecule has 0 spiro atoms. The van der Waals surface area contributed by atoms with Gasteiger partial charge < -0.3 is 10.6 Å². The van der Waals surface area contributed by atoms with Gasteiger partial charge in [-0.05, 0) is 41.3 Å². The summed E-state index contributed by atoms with van der Waals surface area (Å²) in [5, 5.41) is 23.4. The molecule has 0 aliphatic carbocycles. The van der Waals surface area contributed by atoms with Crippen LogP contribution in [0.5, 0.6) is 0 Å². The van der Waals surface area contributed by atoms with Crippen molar-refractivity contribution in [3.63, 3.8) is 0 Å². The minimum absolute atomic E-state index is 0.00459. The Morgan fingerprint density at radius 1 is 0.962 bits per heavy atom. The maximum Gasteiger partial charge on any atom is 0.249 e. The lowest BCUT2D eigenvalue weighted by atomic mass is 9.86. The molecule has 3 aromatic rings. The molecule has 6 nitrogen and oxygen atoms in total. The molecule has 26 heavy (non-hydrogen) atoms. The predicted octanol–water partition coefficient (Wildman–Crippen LogP) is 4.53. The number of rotatable bonds is 4. The van der Waals surface area contributed by atoms with Crippen LogP contribution < -0.4 is 10.6 Å². The highest BCUT2D eigenvalue weighted by molar-refractivity contribution is 5.62. The molecule has 130 valence electrons. The van der Waals surface area contributed by atoms with Gasteiger partial charge in [-0.25, -0.2) is 0 Å². The number of aromatic nitrogens is 3. The predicted molar refractivity (Wildman–Crippen MR) is 103 cm³/mol. The summed E-state index contributed by atoms with van der Waals surface area (Å²) in [5.74, 6) is 0.987. The molecule has 1 heterocycles. The summed E-state index contributed by atoms with van der Waals surface area (Å²) in [7, 11) is 0. The monoisotopic (exact) mass is 344 g/mol. The van der Waals surface area contributed by atoms with Crippen LogP contribution in [0.1, 0.15) is 31.9 Å². The van der Waals surface area contributed by atoms with E-state index in [0.717, 1.165) is 11.4 Å². The van der Waals surface area contributed by atoms with Crippen molar-refractivity contribution in [2.45, 2.75) is 26.2 Å². The topological polar surface area (TPSA) is 86.5 Å². The molecule has 0 aliphatic rings. The van der Waals surface area contributed by atoms with Gasteiger partial charge >= 0.3 is 0 Å². The zero-order chi connectivity index (χ0) is 18.6. The second-order valence-electron chi connectivity index (χ2n) is 6.90. The van der Waals surface area contributed by atoms with E-state index >= 15 is 0 Å². The van der Waals surface area contributed by atoms with Gasteiger partial charge in [-0.15, -0.1) is 5.10 Å². The fourth-order valence-corrected chi connectivity index (χ4v) is 2.56. The number of anilines is 4. The van der Waals surface area contributed by atoms with Gasteiger partial charge in [0, 0.05) is 11.4 Å². The van der Waals surface area contributed by atoms with E-state index in [1.165, 1.54) is 5.56 Å². The van der Waals surface area contributed by atoms with Gasteiger partial charge in [0.25, 0.3) is 0 Å². The van der Waals surface area contributed by atoms with Gasteiger partial charge in [-0.2, -0.15) is 15.3 Å². The van der Waals surface area contributed by atoms with Crippen LogP contribution in [0.2, 0.25) is 0 Å². The third-order valence-electron chi connectivity index (χ3n) is 3.83. The van der Waals surface area contributed by atoms with E-state index in [1.54, 1.807) is 18.3 Å². The summed E-state index contributed by atoms with van der Waals surface area (Å²) in [6.07, 6.45) is 1.55. The molecule has 0 bridgehead atoms. The maximum atomic E-state index is 8.87. The molecule has 0 saturated carbocycles. The molecule has 1 aromatic heterocycles. The third-order valence-corrected chi connectivity index (χ3v) is 3.83. The Labute approximate surface area is 152 Å². The Morgan fingerprint density at radius 2 is 1.69 bits per heavy atom. The zero-order valence-electron chi connectivity index (χ0n) is 15.0. The van der Waals surface area contributed by atoms with Crippen LogP contribution >= 0.6 is 0 Å². The van der Waals surface area contributed by atoms with Crippen LogP contribution in [0, 0.1) is 11.3 Å². The molecule has 0 atom stereocenters. The molecule has 0 saturated heterocycles. The Bertz CT molecular complexity index is 936. The Morgan fingerprint density at radius 3 is 2.38 bits per heavy atom. The van der Waals surface area contributed by atoms with Crippen molar-refractivity contribution in [2.24, 2.45) is 0 Å². The highest BCUT2D eigenvalue weighted by atomic mass is 15.3. The van der Waals surface area contributed by atoms with E-state index in [9.17, 15) is 0 Å². The molecule has 2 N–H and O–H groups in total. The lowest BCUT2D eigenvalue weighted by molar-refractivity contribution is 0.592. The Balaban J connectivity index is 1.81.